The predicted molar refractivity (Wildman–Crippen MR) is 72.1 cm³/mol. The number of rotatable bonds is 4. The van der Waals surface area contributed by atoms with Crippen LogP contribution in [0.25, 0.3) is 0 Å². The lowest BCUT2D eigenvalue weighted by Gasteiger charge is -2.09. The Morgan fingerprint density at radius 3 is 2.45 bits per heavy atom. The van der Waals surface area contributed by atoms with Crippen LogP contribution < -0.4 is 5.32 Å². The zero-order valence-corrected chi connectivity index (χ0v) is 10.8. The molecule has 0 amide bonds. The van der Waals surface area contributed by atoms with Gasteiger partial charge in [-0.1, -0.05) is 24.3 Å². The summed E-state index contributed by atoms with van der Waals surface area (Å²) in [6.07, 6.45) is 2.43. The molecule has 2 aromatic rings. The first-order valence-electron chi connectivity index (χ1n) is 6.61. The molecule has 0 aliphatic heterocycles. The fourth-order valence-corrected chi connectivity index (χ4v) is 2.23. The summed E-state index contributed by atoms with van der Waals surface area (Å²) in [6, 6.07) is 9.44. The van der Waals surface area contributed by atoms with Crippen LogP contribution in [-0.4, -0.2) is 0 Å². The van der Waals surface area contributed by atoms with Gasteiger partial charge in [0.2, 0.25) is 0 Å². The lowest BCUT2D eigenvalue weighted by molar-refractivity contribution is 0.496. The first kappa shape index (κ1) is 13.0. The molecule has 104 valence electrons. The maximum absolute atomic E-state index is 13.5. The molecule has 0 aromatic heterocycles. The summed E-state index contributed by atoms with van der Waals surface area (Å²) in [4.78, 5) is 0. The van der Waals surface area contributed by atoms with Crippen LogP contribution in [0.15, 0.2) is 36.4 Å². The standard InChI is InChI=1S/C16H14F3N/c17-13-7-15(19)16(8-14(13)18)20-9-10-2-1-3-12(6-10)11-4-5-11/h1-3,6-8,11,20H,4-5,9H2. The van der Waals surface area contributed by atoms with Crippen molar-refractivity contribution in [3.63, 3.8) is 0 Å². The number of hydrogen-bond acceptors (Lipinski definition) is 1. The van der Waals surface area contributed by atoms with E-state index in [4.69, 9.17) is 0 Å². The number of anilines is 1. The molecule has 0 bridgehead atoms. The minimum atomic E-state index is -1.18. The molecule has 0 spiro atoms. The van der Waals surface area contributed by atoms with Crippen molar-refractivity contribution in [2.24, 2.45) is 0 Å². The van der Waals surface area contributed by atoms with Gasteiger partial charge in [0.1, 0.15) is 5.82 Å². The van der Waals surface area contributed by atoms with E-state index in [9.17, 15) is 13.2 Å². The molecule has 0 saturated heterocycles. The van der Waals surface area contributed by atoms with E-state index in [0.717, 1.165) is 11.6 Å². The molecule has 1 nitrogen and oxygen atoms in total. The molecule has 0 heterocycles. The second-order valence-electron chi connectivity index (χ2n) is 5.12. The minimum Gasteiger partial charge on any atom is -0.379 e. The Bertz CT molecular complexity index is 636. The largest absolute Gasteiger partial charge is 0.379 e. The Balaban J connectivity index is 1.73. The molecule has 1 N–H and O–H groups in total. The van der Waals surface area contributed by atoms with Gasteiger partial charge < -0.3 is 5.32 Å². The van der Waals surface area contributed by atoms with Crippen molar-refractivity contribution in [2.45, 2.75) is 25.3 Å². The zero-order valence-electron chi connectivity index (χ0n) is 10.8. The smallest absolute Gasteiger partial charge is 0.161 e. The summed E-state index contributed by atoms with van der Waals surface area (Å²) < 4.78 is 39.4. The Morgan fingerprint density at radius 1 is 0.950 bits per heavy atom. The number of hydrogen-bond donors (Lipinski definition) is 1. The SMILES string of the molecule is Fc1cc(F)c(NCc2cccc(C3CC3)c2)cc1F. The Morgan fingerprint density at radius 2 is 1.70 bits per heavy atom. The van der Waals surface area contributed by atoms with Crippen molar-refractivity contribution >= 4 is 5.69 Å². The molecule has 0 radical (unpaired) electrons. The van der Waals surface area contributed by atoms with Gasteiger partial charge in [0.15, 0.2) is 11.6 Å². The van der Waals surface area contributed by atoms with E-state index in [0.29, 0.717) is 18.5 Å². The molecule has 1 aliphatic rings. The van der Waals surface area contributed by atoms with E-state index in [1.807, 2.05) is 12.1 Å². The molecule has 1 saturated carbocycles. The molecule has 4 heteroatoms. The monoisotopic (exact) mass is 277 g/mol. The summed E-state index contributed by atoms with van der Waals surface area (Å²) >= 11 is 0. The molecule has 0 atom stereocenters. The lowest BCUT2D eigenvalue weighted by Crippen LogP contribution is -2.03. The van der Waals surface area contributed by atoms with Crippen molar-refractivity contribution < 1.29 is 13.2 Å². The van der Waals surface area contributed by atoms with Gasteiger partial charge >= 0.3 is 0 Å². The van der Waals surface area contributed by atoms with Crippen molar-refractivity contribution in [3.05, 3.63) is 65.0 Å². The molecule has 0 unspecified atom stereocenters. The maximum atomic E-state index is 13.5. The second-order valence-corrected chi connectivity index (χ2v) is 5.12. The highest BCUT2D eigenvalue weighted by atomic mass is 19.2. The van der Waals surface area contributed by atoms with Crippen LogP contribution in [0.5, 0.6) is 0 Å². The third kappa shape index (κ3) is 2.79. The van der Waals surface area contributed by atoms with E-state index in [2.05, 4.69) is 17.4 Å². The minimum absolute atomic E-state index is 0.0271. The highest BCUT2D eigenvalue weighted by Gasteiger charge is 2.23. The highest BCUT2D eigenvalue weighted by Crippen LogP contribution is 2.40. The first-order valence-corrected chi connectivity index (χ1v) is 6.61. The molecule has 2 aromatic carbocycles. The number of halogens is 3. The van der Waals surface area contributed by atoms with Crippen LogP contribution in [-0.2, 0) is 6.54 Å². The zero-order chi connectivity index (χ0) is 14.1. The average molecular weight is 277 g/mol. The summed E-state index contributed by atoms with van der Waals surface area (Å²) in [5, 5.41) is 2.80. The van der Waals surface area contributed by atoms with Crippen molar-refractivity contribution in [2.75, 3.05) is 5.32 Å². The second kappa shape index (κ2) is 5.19. The lowest BCUT2D eigenvalue weighted by atomic mass is 10.1. The Labute approximate surface area is 115 Å². The van der Waals surface area contributed by atoms with Crippen LogP contribution in [0.1, 0.15) is 29.9 Å². The van der Waals surface area contributed by atoms with Gasteiger partial charge in [0.25, 0.3) is 0 Å². The summed E-state index contributed by atoms with van der Waals surface area (Å²) in [7, 11) is 0. The number of nitrogens with one attached hydrogen (secondary N) is 1. The number of benzene rings is 2. The van der Waals surface area contributed by atoms with Crippen LogP contribution in [0.4, 0.5) is 18.9 Å². The Kier molecular flexibility index (Phi) is 3.38. The summed E-state index contributed by atoms with van der Waals surface area (Å²) in [5.41, 5.74) is 2.26. The van der Waals surface area contributed by atoms with E-state index in [-0.39, 0.29) is 5.69 Å². The van der Waals surface area contributed by atoms with Crippen LogP contribution in [0.3, 0.4) is 0 Å². The van der Waals surface area contributed by atoms with Gasteiger partial charge in [0.05, 0.1) is 5.69 Å². The summed E-state index contributed by atoms with van der Waals surface area (Å²) in [5.74, 6) is -2.37. The van der Waals surface area contributed by atoms with Crippen LogP contribution >= 0.6 is 0 Å². The molecule has 1 fully saturated rings. The molecule has 3 rings (SSSR count). The fourth-order valence-electron chi connectivity index (χ4n) is 2.23. The fraction of sp³-hybridized carbons (Fsp3) is 0.250. The Hall–Kier alpha value is -1.97. The van der Waals surface area contributed by atoms with Gasteiger partial charge in [-0.25, -0.2) is 13.2 Å². The highest BCUT2D eigenvalue weighted by molar-refractivity contribution is 5.46. The maximum Gasteiger partial charge on any atom is 0.161 e. The van der Waals surface area contributed by atoms with Crippen molar-refractivity contribution in [1.82, 2.24) is 0 Å². The van der Waals surface area contributed by atoms with E-state index >= 15 is 0 Å². The van der Waals surface area contributed by atoms with Crippen LogP contribution in [0, 0.1) is 17.5 Å². The van der Waals surface area contributed by atoms with E-state index in [1.54, 1.807) is 0 Å². The predicted octanol–water partition coefficient (Wildman–Crippen LogP) is 4.59. The van der Waals surface area contributed by atoms with E-state index < -0.39 is 17.5 Å². The third-order valence-electron chi connectivity index (χ3n) is 3.49. The normalized spacial score (nSPS) is 14.3. The molecular weight excluding hydrogens is 263 g/mol. The van der Waals surface area contributed by atoms with Crippen molar-refractivity contribution in [1.29, 1.82) is 0 Å². The average Bonchev–Trinajstić information content (AvgIpc) is 3.26. The van der Waals surface area contributed by atoms with Crippen LogP contribution in [0.2, 0.25) is 0 Å². The van der Waals surface area contributed by atoms with Gasteiger partial charge in [-0.15, -0.1) is 0 Å². The topological polar surface area (TPSA) is 12.0 Å². The van der Waals surface area contributed by atoms with Gasteiger partial charge in [-0.3, -0.25) is 0 Å². The van der Waals surface area contributed by atoms with E-state index in [1.165, 1.54) is 18.4 Å². The molecular formula is C16H14F3N. The first-order chi connectivity index (χ1) is 9.63. The molecule has 20 heavy (non-hydrogen) atoms. The summed E-state index contributed by atoms with van der Waals surface area (Å²) in [6.45, 7) is 0.378. The van der Waals surface area contributed by atoms with Gasteiger partial charge in [-0.2, -0.15) is 0 Å². The third-order valence-corrected chi connectivity index (χ3v) is 3.49. The van der Waals surface area contributed by atoms with Gasteiger partial charge in [0, 0.05) is 18.7 Å². The molecule has 1 aliphatic carbocycles. The van der Waals surface area contributed by atoms with Crippen molar-refractivity contribution in [3.8, 4) is 0 Å². The quantitative estimate of drug-likeness (QED) is 0.806. The van der Waals surface area contributed by atoms with Gasteiger partial charge in [-0.05, 0) is 29.9 Å².